The maximum atomic E-state index is 12.4. The summed E-state index contributed by atoms with van der Waals surface area (Å²) in [7, 11) is 0. The van der Waals surface area contributed by atoms with Crippen LogP contribution in [0.25, 0.3) is 5.57 Å². The van der Waals surface area contributed by atoms with Gasteiger partial charge < -0.3 is 5.11 Å². The van der Waals surface area contributed by atoms with Gasteiger partial charge in [0.25, 0.3) is 0 Å². The Kier molecular flexibility index (Phi) is 2.81. The predicted molar refractivity (Wildman–Crippen MR) is 74.3 cm³/mol. The number of halogens is 1. The van der Waals surface area contributed by atoms with Crippen LogP contribution in [0.15, 0.2) is 28.4 Å². The average Bonchev–Trinajstić information content (AvgIpc) is 2.76. The van der Waals surface area contributed by atoms with E-state index in [1.54, 1.807) is 0 Å². The van der Waals surface area contributed by atoms with Crippen molar-refractivity contribution in [2.75, 3.05) is 0 Å². The Morgan fingerprint density at radius 3 is 2.72 bits per heavy atom. The molecule has 0 aromatic heterocycles. The van der Waals surface area contributed by atoms with Crippen molar-refractivity contribution in [1.82, 2.24) is 0 Å². The molecular formula is C15H15BrO2. The second-order valence-electron chi connectivity index (χ2n) is 5.29. The van der Waals surface area contributed by atoms with Crippen LogP contribution in [0.5, 0.6) is 0 Å². The van der Waals surface area contributed by atoms with Gasteiger partial charge in [0.2, 0.25) is 0 Å². The Morgan fingerprint density at radius 2 is 2.00 bits per heavy atom. The molecule has 0 spiro atoms. The van der Waals surface area contributed by atoms with Gasteiger partial charge in [0.1, 0.15) is 5.76 Å². The largest absolute Gasteiger partial charge is 0.511 e. The minimum atomic E-state index is 0.129. The molecule has 2 nitrogen and oxygen atoms in total. The molecule has 0 aliphatic heterocycles. The minimum absolute atomic E-state index is 0.129. The molecule has 2 aliphatic carbocycles. The van der Waals surface area contributed by atoms with E-state index in [1.165, 1.54) is 0 Å². The van der Waals surface area contributed by atoms with E-state index in [4.69, 9.17) is 0 Å². The molecule has 94 valence electrons. The first-order valence-corrected chi connectivity index (χ1v) is 7.11. The van der Waals surface area contributed by atoms with Crippen molar-refractivity contribution < 1.29 is 9.90 Å². The fourth-order valence-electron chi connectivity index (χ4n) is 3.18. The number of Topliss-reactive ketones (excluding diaryl/α,β-unsaturated/α-hetero) is 1. The van der Waals surface area contributed by atoms with E-state index < -0.39 is 0 Å². The first kappa shape index (κ1) is 12.0. The van der Waals surface area contributed by atoms with Gasteiger partial charge in [0, 0.05) is 16.3 Å². The maximum absolute atomic E-state index is 12.4. The summed E-state index contributed by atoms with van der Waals surface area (Å²) in [6, 6.07) is 5.83. The van der Waals surface area contributed by atoms with Crippen LogP contribution in [-0.2, 0) is 4.79 Å². The number of ketones is 1. The zero-order valence-corrected chi connectivity index (χ0v) is 11.8. The molecular weight excluding hydrogens is 292 g/mol. The van der Waals surface area contributed by atoms with Crippen molar-refractivity contribution in [1.29, 1.82) is 0 Å². The summed E-state index contributed by atoms with van der Waals surface area (Å²) in [5, 5.41) is 10.3. The number of hydrogen-bond acceptors (Lipinski definition) is 2. The van der Waals surface area contributed by atoms with Gasteiger partial charge in [-0.15, -0.1) is 0 Å². The number of fused-ring (bicyclic) bond motifs is 2. The molecule has 2 unspecified atom stereocenters. The highest BCUT2D eigenvalue weighted by Crippen LogP contribution is 2.45. The number of carbonyl (C=O) groups is 1. The molecule has 1 fully saturated rings. The quantitative estimate of drug-likeness (QED) is 0.850. The molecule has 1 N–H and O–H groups in total. The number of allylic oxidation sites excluding steroid dienone is 2. The molecule has 0 radical (unpaired) electrons. The van der Waals surface area contributed by atoms with Crippen molar-refractivity contribution >= 4 is 27.3 Å². The van der Waals surface area contributed by atoms with Crippen LogP contribution in [0.3, 0.4) is 0 Å². The number of rotatable bonds is 1. The Balaban J connectivity index is 2.15. The van der Waals surface area contributed by atoms with Crippen molar-refractivity contribution in [2.45, 2.75) is 26.2 Å². The fraction of sp³-hybridized carbons (Fsp3) is 0.400. The third-order valence-corrected chi connectivity index (χ3v) is 4.64. The van der Waals surface area contributed by atoms with Gasteiger partial charge in [-0.05, 0) is 49.4 Å². The number of aliphatic hydroxyl groups excluding tert-OH is 1. The van der Waals surface area contributed by atoms with Crippen LogP contribution in [0.4, 0.5) is 0 Å². The van der Waals surface area contributed by atoms with E-state index >= 15 is 0 Å². The summed E-state index contributed by atoms with van der Waals surface area (Å²) in [6.45, 7) is 1.98. The van der Waals surface area contributed by atoms with Gasteiger partial charge in [-0.2, -0.15) is 0 Å². The van der Waals surface area contributed by atoms with Crippen LogP contribution in [0.1, 0.15) is 30.4 Å². The molecule has 2 bridgehead atoms. The summed E-state index contributed by atoms with van der Waals surface area (Å²) in [6.07, 6.45) is 2.71. The van der Waals surface area contributed by atoms with Crippen LogP contribution in [-0.4, -0.2) is 10.9 Å². The average molecular weight is 307 g/mol. The Hall–Kier alpha value is -1.09. The van der Waals surface area contributed by atoms with Gasteiger partial charge in [0.05, 0.1) is 5.57 Å². The van der Waals surface area contributed by atoms with Crippen LogP contribution in [0.2, 0.25) is 0 Å². The van der Waals surface area contributed by atoms with Crippen molar-refractivity contribution in [3.05, 3.63) is 39.6 Å². The molecule has 1 aromatic rings. The number of hydrogen-bond donors (Lipinski definition) is 1. The van der Waals surface area contributed by atoms with E-state index in [0.29, 0.717) is 11.3 Å². The van der Waals surface area contributed by atoms with E-state index in [9.17, 15) is 9.90 Å². The maximum Gasteiger partial charge on any atom is 0.169 e. The highest BCUT2D eigenvalue weighted by Gasteiger charge is 2.41. The van der Waals surface area contributed by atoms with Crippen molar-refractivity contribution in [3.63, 3.8) is 0 Å². The fourth-order valence-corrected chi connectivity index (χ4v) is 3.66. The summed E-state index contributed by atoms with van der Waals surface area (Å²) in [4.78, 5) is 12.4. The Labute approximate surface area is 115 Å². The summed E-state index contributed by atoms with van der Waals surface area (Å²) >= 11 is 3.42. The number of aryl methyl sites for hydroxylation is 1. The highest BCUT2D eigenvalue weighted by atomic mass is 79.9. The summed E-state index contributed by atoms with van der Waals surface area (Å²) in [5.74, 6) is 0.778. The molecule has 2 atom stereocenters. The smallest absolute Gasteiger partial charge is 0.169 e. The first-order chi connectivity index (χ1) is 8.58. The number of benzene rings is 1. The molecule has 1 aromatic carbocycles. The predicted octanol–water partition coefficient (Wildman–Crippen LogP) is 4.03. The van der Waals surface area contributed by atoms with Gasteiger partial charge >= 0.3 is 0 Å². The SMILES string of the molecule is Cc1cc(Br)ccc1C1=C(O)C2CCC(C2)C1=O. The molecule has 18 heavy (non-hydrogen) atoms. The lowest BCUT2D eigenvalue weighted by atomic mass is 9.82. The van der Waals surface area contributed by atoms with Crippen LogP contribution < -0.4 is 0 Å². The number of aliphatic hydroxyl groups is 1. The van der Waals surface area contributed by atoms with E-state index in [2.05, 4.69) is 15.9 Å². The zero-order chi connectivity index (χ0) is 12.9. The standard InChI is InChI=1S/C15H15BrO2/c1-8-6-11(16)4-5-12(8)13-14(17)9-2-3-10(7-9)15(13)18/h4-6,9-10,17H,2-3,7H2,1H3. The van der Waals surface area contributed by atoms with Crippen LogP contribution >= 0.6 is 15.9 Å². The summed E-state index contributed by atoms with van der Waals surface area (Å²) < 4.78 is 0.995. The monoisotopic (exact) mass is 306 g/mol. The Bertz CT molecular complexity index is 560. The third-order valence-electron chi connectivity index (χ3n) is 4.15. The molecule has 3 rings (SSSR count). The first-order valence-electron chi connectivity index (χ1n) is 6.32. The molecule has 3 heteroatoms. The topological polar surface area (TPSA) is 37.3 Å². The second-order valence-corrected chi connectivity index (χ2v) is 6.21. The van der Waals surface area contributed by atoms with Gasteiger partial charge in [0.15, 0.2) is 5.78 Å². The minimum Gasteiger partial charge on any atom is -0.511 e. The van der Waals surface area contributed by atoms with Gasteiger partial charge in [-0.25, -0.2) is 0 Å². The second kappa shape index (κ2) is 4.23. The normalized spacial score (nSPS) is 26.9. The van der Waals surface area contributed by atoms with Crippen LogP contribution in [0, 0.1) is 18.8 Å². The molecule has 0 saturated heterocycles. The van der Waals surface area contributed by atoms with E-state index in [0.717, 1.165) is 34.9 Å². The van der Waals surface area contributed by atoms with Gasteiger partial charge in [-0.3, -0.25) is 4.79 Å². The third kappa shape index (κ3) is 1.72. The lowest BCUT2D eigenvalue weighted by Gasteiger charge is -2.22. The highest BCUT2D eigenvalue weighted by molar-refractivity contribution is 9.10. The lowest BCUT2D eigenvalue weighted by molar-refractivity contribution is -0.117. The van der Waals surface area contributed by atoms with Crippen molar-refractivity contribution in [3.8, 4) is 0 Å². The van der Waals surface area contributed by atoms with Gasteiger partial charge in [-0.1, -0.05) is 22.0 Å². The molecule has 2 aliphatic rings. The lowest BCUT2D eigenvalue weighted by Crippen LogP contribution is -2.21. The van der Waals surface area contributed by atoms with Crippen molar-refractivity contribution in [2.24, 2.45) is 11.8 Å². The van der Waals surface area contributed by atoms with E-state index in [1.807, 2.05) is 25.1 Å². The zero-order valence-electron chi connectivity index (χ0n) is 10.2. The molecule has 0 amide bonds. The molecule has 1 saturated carbocycles. The molecule has 0 heterocycles. The van der Waals surface area contributed by atoms with E-state index in [-0.39, 0.29) is 17.6 Å². The number of carbonyl (C=O) groups excluding carboxylic acids is 1. The summed E-state index contributed by atoms with van der Waals surface area (Å²) in [5.41, 5.74) is 2.48. The Morgan fingerprint density at radius 1 is 1.28 bits per heavy atom.